The Balaban J connectivity index is 2.08. The van der Waals surface area contributed by atoms with E-state index in [1.54, 1.807) is 0 Å². The van der Waals surface area contributed by atoms with Crippen molar-refractivity contribution in [2.24, 2.45) is 0 Å². The summed E-state index contributed by atoms with van der Waals surface area (Å²) in [6.45, 7) is 3.95. The first kappa shape index (κ1) is 11.0. The van der Waals surface area contributed by atoms with Crippen molar-refractivity contribution in [3.05, 3.63) is 46.8 Å². The molecule has 0 radical (unpaired) electrons. The van der Waals surface area contributed by atoms with Crippen LogP contribution in [0.3, 0.4) is 0 Å². The molecule has 90 valence electrons. The van der Waals surface area contributed by atoms with Crippen molar-refractivity contribution < 1.29 is 0 Å². The summed E-state index contributed by atoms with van der Waals surface area (Å²) in [4.78, 5) is 2.28. The largest absolute Gasteiger partial charge is 0.296 e. The zero-order chi connectivity index (χ0) is 12.7. The predicted molar refractivity (Wildman–Crippen MR) is 68.2 cm³/mol. The Morgan fingerprint density at radius 3 is 2.61 bits per heavy atom. The number of nitriles is 1. The Hall–Kier alpha value is -2.12. The molecule has 0 fully saturated rings. The van der Waals surface area contributed by atoms with Crippen molar-refractivity contribution in [1.82, 2.24) is 14.7 Å². The van der Waals surface area contributed by atoms with Gasteiger partial charge in [0.25, 0.3) is 0 Å². The second-order valence-electron chi connectivity index (χ2n) is 4.75. The minimum atomic E-state index is 0.677. The van der Waals surface area contributed by atoms with E-state index in [9.17, 15) is 0 Å². The summed E-state index contributed by atoms with van der Waals surface area (Å²) in [5.41, 5.74) is 5.39. The van der Waals surface area contributed by atoms with Crippen LogP contribution in [0, 0.1) is 18.3 Å². The highest BCUT2D eigenvalue weighted by molar-refractivity contribution is 5.42. The van der Waals surface area contributed by atoms with E-state index in [0.29, 0.717) is 5.56 Å². The van der Waals surface area contributed by atoms with Crippen molar-refractivity contribution in [2.75, 3.05) is 7.05 Å². The molecule has 2 heterocycles. The summed E-state index contributed by atoms with van der Waals surface area (Å²) in [7, 11) is 2.11. The average Bonchev–Trinajstić information content (AvgIpc) is 2.89. The predicted octanol–water partition coefficient (Wildman–Crippen LogP) is 2.00. The fourth-order valence-corrected chi connectivity index (χ4v) is 2.45. The minimum absolute atomic E-state index is 0.677. The van der Waals surface area contributed by atoms with Gasteiger partial charge in [0.2, 0.25) is 0 Å². The van der Waals surface area contributed by atoms with Crippen LogP contribution in [0.1, 0.15) is 22.5 Å². The zero-order valence-corrected chi connectivity index (χ0v) is 10.5. The molecule has 0 saturated carbocycles. The molecule has 0 unspecified atom stereocenters. The minimum Gasteiger partial charge on any atom is -0.296 e. The normalized spacial score (nSPS) is 14.5. The SMILES string of the molecule is Cc1nn(-c2ccc(C#N)cc2)c2c1CN(C)C2. The Labute approximate surface area is 106 Å². The van der Waals surface area contributed by atoms with E-state index >= 15 is 0 Å². The summed E-state index contributed by atoms with van der Waals surface area (Å²) >= 11 is 0. The molecule has 1 aliphatic rings. The van der Waals surface area contributed by atoms with Crippen LogP contribution in [0.5, 0.6) is 0 Å². The highest BCUT2D eigenvalue weighted by atomic mass is 15.3. The smallest absolute Gasteiger partial charge is 0.0991 e. The van der Waals surface area contributed by atoms with Gasteiger partial charge in [0.15, 0.2) is 0 Å². The molecule has 4 nitrogen and oxygen atoms in total. The van der Waals surface area contributed by atoms with Crippen LogP contribution in [0.25, 0.3) is 5.69 Å². The summed E-state index contributed by atoms with van der Waals surface area (Å²) in [5, 5.41) is 13.4. The first-order chi connectivity index (χ1) is 8.69. The van der Waals surface area contributed by atoms with Gasteiger partial charge in [-0.1, -0.05) is 0 Å². The van der Waals surface area contributed by atoms with E-state index in [1.807, 2.05) is 28.9 Å². The van der Waals surface area contributed by atoms with Crippen molar-refractivity contribution in [1.29, 1.82) is 5.26 Å². The van der Waals surface area contributed by atoms with Gasteiger partial charge >= 0.3 is 0 Å². The van der Waals surface area contributed by atoms with E-state index in [1.165, 1.54) is 11.3 Å². The van der Waals surface area contributed by atoms with E-state index in [4.69, 9.17) is 5.26 Å². The number of rotatable bonds is 1. The van der Waals surface area contributed by atoms with Gasteiger partial charge in [0.1, 0.15) is 0 Å². The maximum Gasteiger partial charge on any atom is 0.0991 e. The molecule has 0 atom stereocenters. The Bertz CT molecular complexity index is 631. The summed E-state index contributed by atoms with van der Waals surface area (Å²) in [6, 6.07) is 9.69. The second kappa shape index (κ2) is 3.97. The van der Waals surface area contributed by atoms with E-state index < -0.39 is 0 Å². The molecule has 0 saturated heterocycles. The Morgan fingerprint density at radius 2 is 1.94 bits per heavy atom. The molecule has 0 amide bonds. The maximum atomic E-state index is 8.81. The van der Waals surface area contributed by atoms with Gasteiger partial charge < -0.3 is 0 Å². The molecule has 0 N–H and O–H groups in total. The summed E-state index contributed by atoms with van der Waals surface area (Å²) in [6.07, 6.45) is 0. The molecule has 3 rings (SSSR count). The monoisotopic (exact) mass is 238 g/mol. The second-order valence-corrected chi connectivity index (χ2v) is 4.75. The summed E-state index contributed by atoms with van der Waals surface area (Å²) in [5.74, 6) is 0. The maximum absolute atomic E-state index is 8.81. The molecule has 2 aromatic rings. The lowest BCUT2D eigenvalue weighted by Gasteiger charge is -2.09. The lowest BCUT2D eigenvalue weighted by Crippen LogP contribution is -2.12. The first-order valence-corrected chi connectivity index (χ1v) is 5.95. The van der Waals surface area contributed by atoms with Crippen LogP contribution < -0.4 is 0 Å². The first-order valence-electron chi connectivity index (χ1n) is 5.95. The lowest BCUT2D eigenvalue weighted by molar-refractivity contribution is 0.345. The lowest BCUT2D eigenvalue weighted by atomic mass is 10.2. The van der Waals surface area contributed by atoms with Crippen LogP contribution >= 0.6 is 0 Å². The van der Waals surface area contributed by atoms with E-state index in [2.05, 4.69) is 30.0 Å². The topological polar surface area (TPSA) is 44.9 Å². The highest BCUT2D eigenvalue weighted by Gasteiger charge is 2.24. The van der Waals surface area contributed by atoms with Crippen LogP contribution in [0.2, 0.25) is 0 Å². The molecular formula is C14H14N4. The summed E-state index contributed by atoms with van der Waals surface area (Å²) < 4.78 is 2.00. The van der Waals surface area contributed by atoms with E-state index in [-0.39, 0.29) is 0 Å². The third-order valence-corrected chi connectivity index (χ3v) is 3.38. The average molecular weight is 238 g/mol. The van der Waals surface area contributed by atoms with Gasteiger partial charge in [-0.2, -0.15) is 10.4 Å². The quantitative estimate of drug-likeness (QED) is 0.763. The van der Waals surface area contributed by atoms with Crippen molar-refractivity contribution in [2.45, 2.75) is 20.0 Å². The number of aromatic nitrogens is 2. The van der Waals surface area contributed by atoms with Gasteiger partial charge in [-0.3, -0.25) is 4.90 Å². The van der Waals surface area contributed by atoms with Gasteiger partial charge in [0, 0.05) is 18.7 Å². The van der Waals surface area contributed by atoms with Crippen LogP contribution in [0.4, 0.5) is 0 Å². The molecular weight excluding hydrogens is 224 g/mol. The van der Waals surface area contributed by atoms with Gasteiger partial charge in [0.05, 0.1) is 28.7 Å². The van der Waals surface area contributed by atoms with Gasteiger partial charge in [-0.15, -0.1) is 0 Å². The van der Waals surface area contributed by atoms with Crippen LogP contribution in [-0.4, -0.2) is 21.7 Å². The number of aryl methyl sites for hydroxylation is 1. The third kappa shape index (κ3) is 1.60. The molecule has 0 aliphatic carbocycles. The van der Waals surface area contributed by atoms with Crippen LogP contribution in [0.15, 0.2) is 24.3 Å². The molecule has 0 spiro atoms. The van der Waals surface area contributed by atoms with Crippen molar-refractivity contribution >= 4 is 0 Å². The molecule has 1 aromatic heterocycles. The van der Waals surface area contributed by atoms with Gasteiger partial charge in [-0.05, 0) is 38.2 Å². The molecule has 18 heavy (non-hydrogen) atoms. The number of fused-ring (bicyclic) bond motifs is 1. The van der Waals surface area contributed by atoms with Crippen molar-refractivity contribution in [3.8, 4) is 11.8 Å². The molecule has 4 heteroatoms. The third-order valence-electron chi connectivity index (χ3n) is 3.38. The number of hydrogen-bond donors (Lipinski definition) is 0. The highest BCUT2D eigenvalue weighted by Crippen LogP contribution is 2.26. The molecule has 1 aromatic carbocycles. The fourth-order valence-electron chi connectivity index (χ4n) is 2.45. The number of hydrogen-bond acceptors (Lipinski definition) is 3. The van der Waals surface area contributed by atoms with Crippen LogP contribution in [-0.2, 0) is 13.1 Å². The Kier molecular flexibility index (Phi) is 2.42. The fraction of sp³-hybridized carbons (Fsp3) is 0.286. The van der Waals surface area contributed by atoms with Gasteiger partial charge in [-0.25, -0.2) is 4.68 Å². The number of nitrogens with zero attached hydrogens (tertiary/aromatic N) is 4. The van der Waals surface area contributed by atoms with E-state index in [0.717, 1.165) is 24.5 Å². The number of benzene rings is 1. The molecule has 0 bridgehead atoms. The van der Waals surface area contributed by atoms with Crippen molar-refractivity contribution in [3.63, 3.8) is 0 Å². The standard InChI is InChI=1S/C14H14N4/c1-10-13-8-17(2)9-14(13)18(16-10)12-5-3-11(7-15)4-6-12/h3-6H,8-9H2,1-2H3. The zero-order valence-electron chi connectivity index (χ0n) is 10.5. The molecule has 1 aliphatic heterocycles. The Morgan fingerprint density at radius 1 is 1.22 bits per heavy atom.